The molecule has 0 aliphatic heterocycles. The molecule has 0 fully saturated rings. The van der Waals surface area contributed by atoms with Crippen LogP contribution in [0.4, 0.5) is 0 Å². The van der Waals surface area contributed by atoms with E-state index in [1.807, 2.05) is 29.6 Å². The lowest BCUT2D eigenvalue weighted by Gasteiger charge is -2.11. The smallest absolute Gasteiger partial charge is 0.280 e. The molecule has 0 aliphatic rings. The van der Waals surface area contributed by atoms with E-state index in [0.717, 1.165) is 15.0 Å². The Morgan fingerprint density at radius 1 is 1.11 bits per heavy atom. The van der Waals surface area contributed by atoms with Gasteiger partial charge in [-0.25, -0.2) is 14.8 Å². The number of rotatable bonds is 4. The van der Waals surface area contributed by atoms with Crippen LogP contribution in [0.15, 0.2) is 56.7 Å². The predicted octanol–water partition coefficient (Wildman–Crippen LogP) is 2.44. The van der Waals surface area contributed by atoms with Gasteiger partial charge in [0.15, 0.2) is 11.5 Å². The molecule has 27 heavy (non-hydrogen) atoms. The summed E-state index contributed by atoms with van der Waals surface area (Å²) in [5.41, 5.74) is 0.565. The SMILES string of the molecule is Cn1c(=O)c2c(SCc3cccnc3)nc(-c3cccs3)nc2n(C)c1=O. The predicted molar refractivity (Wildman–Crippen MR) is 107 cm³/mol. The third-order valence-electron chi connectivity index (χ3n) is 4.11. The molecule has 0 aromatic carbocycles. The Hall–Kier alpha value is -2.78. The summed E-state index contributed by atoms with van der Waals surface area (Å²) in [7, 11) is 3.08. The van der Waals surface area contributed by atoms with Crippen molar-refractivity contribution in [1.82, 2.24) is 24.1 Å². The summed E-state index contributed by atoms with van der Waals surface area (Å²) in [6.07, 6.45) is 3.50. The van der Waals surface area contributed by atoms with Crippen molar-refractivity contribution in [1.29, 1.82) is 0 Å². The number of pyridine rings is 1. The molecule has 4 heterocycles. The maximum atomic E-state index is 12.8. The number of fused-ring (bicyclic) bond motifs is 1. The average Bonchev–Trinajstić information content (AvgIpc) is 3.24. The summed E-state index contributed by atoms with van der Waals surface area (Å²) in [6, 6.07) is 7.67. The fourth-order valence-corrected chi connectivity index (χ4v) is 4.29. The maximum Gasteiger partial charge on any atom is 0.332 e. The molecule has 4 rings (SSSR count). The van der Waals surface area contributed by atoms with Gasteiger partial charge in [0, 0.05) is 32.2 Å². The van der Waals surface area contributed by atoms with Crippen molar-refractivity contribution in [3.63, 3.8) is 0 Å². The first-order valence-corrected chi connectivity index (χ1v) is 9.96. The molecule has 0 radical (unpaired) electrons. The van der Waals surface area contributed by atoms with Crippen molar-refractivity contribution in [3.05, 3.63) is 68.4 Å². The fourth-order valence-electron chi connectivity index (χ4n) is 2.68. The van der Waals surface area contributed by atoms with Crippen LogP contribution < -0.4 is 11.2 Å². The Morgan fingerprint density at radius 2 is 1.96 bits per heavy atom. The molecular formula is C18H15N5O2S2. The third kappa shape index (κ3) is 3.19. The van der Waals surface area contributed by atoms with E-state index in [-0.39, 0.29) is 5.56 Å². The molecule has 7 nitrogen and oxygen atoms in total. The molecule has 9 heteroatoms. The second kappa shape index (κ2) is 7.09. The summed E-state index contributed by atoms with van der Waals surface area (Å²) in [6.45, 7) is 0. The van der Waals surface area contributed by atoms with Gasteiger partial charge in [-0.15, -0.1) is 23.1 Å². The van der Waals surface area contributed by atoms with Crippen LogP contribution in [0.25, 0.3) is 21.7 Å². The maximum absolute atomic E-state index is 12.8. The molecular weight excluding hydrogens is 382 g/mol. The van der Waals surface area contributed by atoms with Gasteiger partial charge in [0.2, 0.25) is 0 Å². The molecule has 4 aromatic rings. The summed E-state index contributed by atoms with van der Waals surface area (Å²) < 4.78 is 2.48. The minimum absolute atomic E-state index is 0.343. The topological polar surface area (TPSA) is 82.7 Å². The van der Waals surface area contributed by atoms with Crippen molar-refractivity contribution >= 4 is 34.1 Å². The number of hydrogen-bond donors (Lipinski definition) is 0. The van der Waals surface area contributed by atoms with E-state index in [4.69, 9.17) is 0 Å². The standard InChI is InChI=1S/C18H15N5O2S2/c1-22-15-13(17(24)23(2)18(22)25)16(27-10-11-5-3-7-19-9-11)21-14(20-15)12-6-4-8-26-12/h3-9H,10H2,1-2H3. The van der Waals surface area contributed by atoms with E-state index in [9.17, 15) is 9.59 Å². The highest BCUT2D eigenvalue weighted by Gasteiger charge is 2.18. The number of thiophene rings is 1. The zero-order valence-electron chi connectivity index (χ0n) is 14.6. The zero-order valence-corrected chi connectivity index (χ0v) is 16.3. The molecule has 0 N–H and O–H groups in total. The van der Waals surface area contributed by atoms with Crippen LogP contribution in [0.1, 0.15) is 5.56 Å². The molecule has 0 saturated heterocycles. The lowest BCUT2D eigenvalue weighted by molar-refractivity contribution is 0.703. The second-order valence-corrected chi connectivity index (χ2v) is 7.80. The van der Waals surface area contributed by atoms with Crippen molar-refractivity contribution in [2.75, 3.05) is 0 Å². The number of hydrogen-bond acceptors (Lipinski definition) is 7. The van der Waals surface area contributed by atoms with Crippen molar-refractivity contribution in [3.8, 4) is 10.7 Å². The van der Waals surface area contributed by atoms with Gasteiger partial charge in [-0.05, 0) is 23.1 Å². The zero-order chi connectivity index (χ0) is 19.0. The average molecular weight is 397 g/mol. The van der Waals surface area contributed by atoms with Crippen molar-refractivity contribution in [2.45, 2.75) is 10.8 Å². The Morgan fingerprint density at radius 3 is 2.67 bits per heavy atom. The van der Waals surface area contributed by atoms with Gasteiger partial charge in [-0.3, -0.25) is 18.9 Å². The molecule has 0 amide bonds. The first-order valence-electron chi connectivity index (χ1n) is 8.09. The van der Waals surface area contributed by atoms with Gasteiger partial charge < -0.3 is 0 Å². The summed E-state index contributed by atoms with van der Waals surface area (Å²) in [5.74, 6) is 1.12. The van der Waals surface area contributed by atoms with Gasteiger partial charge in [0.1, 0.15) is 10.4 Å². The number of thioether (sulfide) groups is 1. The Kier molecular flexibility index (Phi) is 4.63. The largest absolute Gasteiger partial charge is 0.332 e. The van der Waals surface area contributed by atoms with E-state index in [2.05, 4.69) is 15.0 Å². The molecule has 0 bridgehead atoms. The fraction of sp³-hybridized carbons (Fsp3) is 0.167. The summed E-state index contributed by atoms with van der Waals surface area (Å²) in [5, 5.41) is 2.85. The first-order chi connectivity index (χ1) is 13.1. The van der Waals surface area contributed by atoms with Gasteiger partial charge in [0.05, 0.1) is 4.88 Å². The number of aryl methyl sites for hydroxylation is 1. The van der Waals surface area contributed by atoms with Gasteiger partial charge in [0.25, 0.3) is 5.56 Å². The van der Waals surface area contributed by atoms with E-state index >= 15 is 0 Å². The van der Waals surface area contributed by atoms with Crippen LogP contribution in [0, 0.1) is 0 Å². The normalized spacial score (nSPS) is 11.2. The Labute approximate surface area is 162 Å². The second-order valence-electron chi connectivity index (χ2n) is 5.88. The van der Waals surface area contributed by atoms with E-state index in [1.165, 1.54) is 34.7 Å². The van der Waals surface area contributed by atoms with E-state index in [1.54, 1.807) is 19.4 Å². The molecule has 0 saturated carbocycles. The molecule has 136 valence electrons. The lowest BCUT2D eigenvalue weighted by Crippen LogP contribution is -2.37. The molecule has 0 spiro atoms. The van der Waals surface area contributed by atoms with Crippen LogP contribution in [0.3, 0.4) is 0 Å². The molecule has 0 unspecified atom stereocenters. The van der Waals surface area contributed by atoms with Gasteiger partial charge in [-0.1, -0.05) is 12.1 Å². The minimum Gasteiger partial charge on any atom is -0.280 e. The lowest BCUT2D eigenvalue weighted by atomic mass is 10.3. The molecule has 0 atom stereocenters. The molecule has 4 aromatic heterocycles. The Balaban J connectivity index is 1.94. The van der Waals surface area contributed by atoms with E-state index < -0.39 is 5.69 Å². The summed E-state index contributed by atoms with van der Waals surface area (Å²) in [4.78, 5) is 39.3. The van der Waals surface area contributed by atoms with Gasteiger partial charge in [-0.2, -0.15) is 0 Å². The van der Waals surface area contributed by atoms with Crippen LogP contribution in [-0.2, 0) is 19.8 Å². The van der Waals surface area contributed by atoms with Gasteiger partial charge >= 0.3 is 5.69 Å². The van der Waals surface area contributed by atoms with Crippen LogP contribution in [0.2, 0.25) is 0 Å². The first kappa shape index (κ1) is 17.6. The highest BCUT2D eigenvalue weighted by molar-refractivity contribution is 7.98. The number of nitrogens with zero attached hydrogens (tertiary/aromatic N) is 5. The quantitative estimate of drug-likeness (QED) is 0.389. The van der Waals surface area contributed by atoms with E-state index in [0.29, 0.717) is 27.6 Å². The minimum atomic E-state index is -0.411. The third-order valence-corrected chi connectivity index (χ3v) is 6.02. The van der Waals surface area contributed by atoms with Crippen LogP contribution in [0.5, 0.6) is 0 Å². The van der Waals surface area contributed by atoms with Crippen LogP contribution in [-0.4, -0.2) is 24.1 Å². The Bertz CT molecular complexity index is 1230. The number of aromatic nitrogens is 5. The highest BCUT2D eigenvalue weighted by atomic mass is 32.2. The van der Waals surface area contributed by atoms with Crippen molar-refractivity contribution < 1.29 is 0 Å². The van der Waals surface area contributed by atoms with Crippen molar-refractivity contribution in [2.24, 2.45) is 14.1 Å². The molecule has 0 aliphatic carbocycles. The highest BCUT2D eigenvalue weighted by Crippen LogP contribution is 2.29. The summed E-state index contributed by atoms with van der Waals surface area (Å²) >= 11 is 2.95. The monoisotopic (exact) mass is 397 g/mol. The van der Waals surface area contributed by atoms with Crippen LogP contribution >= 0.6 is 23.1 Å².